The lowest BCUT2D eigenvalue weighted by Crippen LogP contribution is -2.41. The molecule has 3 aromatic rings. The van der Waals surface area contributed by atoms with E-state index in [1.165, 1.54) is 24.5 Å². The van der Waals surface area contributed by atoms with Crippen molar-refractivity contribution in [1.29, 1.82) is 0 Å². The number of hydrogen-bond donors (Lipinski definition) is 0. The molecule has 0 bridgehead atoms. The van der Waals surface area contributed by atoms with Crippen LogP contribution >= 0.6 is 0 Å². The minimum atomic E-state index is -0.619. The molecule has 0 saturated carbocycles. The number of rotatable bonds is 2. The number of azo groups is 1. The zero-order valence-corrected chi connectivity index (χ0v) is 14.5. The third kappa shape index (κ3) is 2.39. The molecule has 0 saturated heterocycles. The van der Waals surface area contributed by atoms with E-state index in [-0.39, 0.29) is 11.4 Å². The van der Waals surface area contributed by atoms with Crippen molar-refractivity contribution in [3.63, 3.8) is 0 Å². The quantitative estimate of drug-likeness (QED) is 0.683. The van der Waals surface area contributed by atoms with Crippen LogP contribution in [0.5, 0.6) is 0 Å². The van der Waals surface area contributed by atoms with Gasteiger partial charge in [0.1, 0.15) is 23.8 Å². The van der Waals surface area contributed by atoms with E-state index in [1.54, 1.807) is 23.9 Å². The number of benzene rings is 2. The van der Waals surface area contributed by atoms with Gasteiger partial charge in [-0.2, -0.15) is 10.2 Å². The predicted molar refractivity (Wildman–Crippen MR) is 92.7 cm³/mol. The minimum Gasteiger partial charge on any atom is -0.275 e. The van der Waals surface area contributed by atoms with Crippen LogP contribution in [0, 0.1) is 11.6 Å². The predicted octanol–water partition coefficient (Wildman–Crippen LogP) is 1.97. The Hall–Kier alpha value is -3.62. The molecule has 0 fully saturated rings. The Kier molecular flexibility index (Phi) is 3.51. The average Bonchev–Trinajstić information content (AvgIpc) is 3.10. The fourth-order valence-electron chi connectivity index (χ4n) is 3.70. The molecule has 0 radical (unpaired) electrons. The maximum absolute atomic E-state index is 14.1. The van der Waals surface area contributed by atoms with Crippen molar-refractivity contribution in [1.82, 2.24) is 14.8 Å². The van der Waals surface area contributed by atoms with Crippen molar-refractivity contribution in [2.75, 3.05) is 0 Å². The molecule has 2 unspecified atom stereocenters. The molecule has 28 heavy (non-hydrogen) atoms. The largest absolute Gasteiger partial charge is 0.296 e. The molecule has 2 aliphatic heterocycles. The van der Waals surface area contributed by atoms with Crippen LogP contribution in [-0.4, -0.2) is 20.7 Å². The number of carbonyl (C=O) groups is 1. The third-order valence-electron chi connectivity index (χ3n) is 4.94. The van der Waals surface area contributed by atoms with Gasteiger partial charge in [-0.1, -0.05) is 12.1 Å². The number of hydrogen-bond acceptors (Lipinski definition) is 5. The zero-order valence-electron chi connectivity index (χ0n) is 14.5. The van der Waals surface area contributed by atoms with Gasteiger partial charge in [0, 0.05) is 12.3 Å². The number of aryl methyl sites for hydroxylation is 1. The van der Waals surface area contributed by atoms with Gasteiger partial charge in [-0.05, 0) is 29.8 Å². The van der Waals surface area contributed by atoms with Crippen LogP contribution in [0.25, 0.3) is 5.70 Å². The fraction of sp³-hybridized carbons (Fsp3) is 0.158. The van der Waals surface area contributed by atoms with Gasteiger partial charge in [0.25, 0.3) is 5.91 Å². The zero-order chi connectivity index (χ0) is 19.4. The summed E-state index contributed by atoms with van der Waals surface area (Å²) in [5.41, 5.74) is 1.28. The number of nitrogens with zero attached hydrogens (tertiary/aromatic N) is 6. The van der Waals surface area contributed by atoms with Crippen LogP contribution in [0.2, 0.25) is 0 Å². The van der Waals surface area contributed by atoms with Crippen molar-refractivity contribution < 1.29 is 13.6 Å². The highest BCUT2D eigenvalue weighted by Crippen LogP contribution is 2.41. The highest BCUT2D eigenvalue weighted by Gasteiger charge is 2.37. The summed E-state index contributed by atoms with van der Waals surface area (Å²) in [6.07, 6.45) is 1.41. The Morgan fingerprint density at radius 3 is 2.54 bits per heavy atom. The molecule has 0 aliphatic carbocycles. The number of aromatic nitrogens is 3. The highest BCUT2D eigenvalue weighted by molar-refractivity contribution is 5.97. The summed E-state index contributed by atoms with van der Waals surface area (Å²) in [6, 6.07) is 7.74. The van der Waals surface area contributed by atoms with Crippen LogP contribution in [0.15, 0.2) is 57.9 Å². The molecule has 5 rings (SSSR count). The second-order valence-electron chi connectivity index (χ2n) is 6.58. The monoisotopic (exact) mass is 378 g/mol. The van der Waals surface area contributed by atoms with Crippen LogP contribution < -0.4 is 10.6 Å². The second kappa shape index (κ2) is 5.95. The Labute approximate surface area is 156 Å². The summed E-state index contributed by atoms with van der Waals surface area (Å²) in [4.78, 5) is 21.2. The molecule has 0 spiro atoms. The summed E-state index contributed by atoms with van der Waals surface area (Å²) < 4.78 is 29.1. The van der Waals surface area contributed by atoms with Crippen molar-refractivity contribution in [2.45, 2.75) is 12.0 Å². The first-order chi connectivity index (χ1) is 13.5. The normalized spacial score (nSPS) is 20.1. The van der Waals surface area contributed by atoms with E-state index in [2.05, 4.69) is 20.3 Å². The van der Waals surface area contributed by atoms with Crippen molar-refractivity contribution in [2.24, 2.45) is 22.3 Å². The lowest BCUT2D eigenvalue weighted by atomic mass is 9.85. The van der Waals surface area contributed by atoms with Gasteiger partial charge in [-0.15, -0.1) is 5.11 Å². The Morgan fingerprint density at radius 2 is 1.82 bits per heavy atom. The van der Waals surface area contributed by atoms with E-state index in [1.807, 2.05) is 0 Å². The summed E-state index contributed by atoms with van der Waals surface area (Å²) in [5.74, 6) is -1.54. The van der Waals surface area contributed by atoms with Crippen LogP contribution in [0.1, 0.15) is 33.7 Å². The first-order valence-electron chi connectivity index (χ1n) is 8.50. The number of halogens is 2. The van der Waals surface area contributed by atoms with E-state index >= 15 is 0 Å². The fourth-order valence-corrected chi connectivity index (χ4v) is 3.70. The van der Waals surface area contributed by atoms with Crippen LogP contribution in [0.4, 0.5) is 8.78 Å². The highest BCUT2D eigenvalue weighted by atomic mass is 19.1. The molecular formula is C19H12F2N6O. The van der Waals surface area contributed by atoms with E-state index in [0.29, 0.717) is 27.7 Å². The molecule has 1 amide bonds. The van der Waals surface area contributed by atoms with Gasteiger partial charge in [0.05, 0.1) is 28.6 Å². The second-order valence-corrected chi connectivity index (χ2v) is 6.58. The summed E-state index contributed by atoms with van der Waals surface area (Å²) >= 11 is 0. The summed E-state index contributed by atoms with van der Waals surface area (Å²) in [6.45, 7) is 0. The van der Waals surface area contributed by atoms with Crippen molar-refractivity contribution in [3.05, 3.63) is 81.9 Å². The molecule has 3 heterocycles. The van der Waals surface area contributed by atoms with Gasteiger partial charge in [0.2, 0.25) is 0 Å². The molecule has 2 atom stereocenters. The maximum atomic E-state index is 14.1. The van der Waals surface area contributed by atoms with Gasteiger partial charge >= 0.3 is 0 Å². The van der Waals surface area contributed by atoms with E-state index in [4.69, 9.17) is 4.99 Å². The molecule has 138 valence electrons. The lowest BCUT2D eigenvalue weighted by Gasteiger charge is -2.28. The first-order valence-corrected chi connectivity index (χ1v) is 8.50. The smallest absolute Gasteiger partial charge is 0.275 e. The molecule has 9 heteroatoms. The molecule has 2 aliphatic rings. The van der Waals surface area contributed by atoms with Crippen LogP contribution in [-0.2, 0) is 7.05 Å². The van der Waals surface area contributed by atoms with Gasteiger partial charge in [-0.25, -0.2) is 13.8 Å². The van der Waals surface area contributed by atoms with Gasteiger partial charge in [-0.3, -0.25) is 14.5 Å². The lowest BCUT2D eigenvalue weighted by molar-refractivity contribution is 0.0991. The van der Waals surface area contributed by atoms with Gasteiger partial charge < -0.3 is 0 Å². The maximum Gasteiger partial charge on any atom is 0.296 e. The standard InChI is InChI=1S/C19H12F2N6O/c1-27-18(22-8-23-27)15-16(9-2-4-10(20)5-3-9)24-13-7-11(21)6-12-14(13)17(15)25-26-19(12)28/h2-8,15-16H,1H3. The first kappa shape index (κ1) is 16.5. The molecular weight excluding hydrogens is 366 g/mol. The summed E-state index contributed by atoms with van der Waals surface area (Å²) in [7, 11) is 1.73. The SMILES string of the molecule is Cn1ncnc1C1C2=c3c(cc(F)cc3=NC1c1ccc(F)cc1)C(=O)N=N2. The Morgan fingerprint density at radius 1 is 1.04 bits per heavy atom. The topological polar surface area (TPSA) is 84.9 Å². The Bertz CT molecular complexity index is 1280. The average molecular weight is 378 g/mol. The third-order valence-corrected chi connectivity index (χ3v) is 4.94. The van der Waals surface area contributed by atoms with Crippen LogP contribution in [0.3, 0.4) is 0 Å². The molecule has 0 N–H and O–H groups in total. The van der Waals surface area contributed by atoms with Crippen molar-refractivity contribution in [3.8, 4) is 0 Å². The number of amides is 1. The van der Waals surface area contributed by atoms with Crippen molar-refractivity contribution >= 4 is 11.6 Å². The summed E-state index contributed by atoms with van der Waals surface area (Å²) in [5, 5.41) is 12.7. The number of carbonyl (C=O) groups excluding carboxylic acids is 1. The van der Waals surface area contributed by atoms with E-state index in [9.17, 15) is 13.6 Å². The Balaban J connectivity index is 1.86. The molecule has 1 aromatic heterocycles. The van der Waals surface area contributed by atoms with E-state index in [0.717, 1.165) is 6.07 Å². The van der Waals surface area contributed by atoms with Gasteiger partial charge in [0.15, 0.2) is 0 Å². The molecule has 2 aromatic carbocycles. The van der Waals surface area contributed by atoms with E-state index < -0.39 is 23.7 Å². The minimum absolute atomic E-state index is 0.119. The molecule has 7 nitrogen and oxygen atoms in total.